The molecule has 0 aliphatic rings. The van der Waals surface area contributed by atoms with Crippen molar-refractivity contribution >= 4 is 39.7 Å². The van der Waals surface area contributed by atoms with Crippen LogP contribution in [0.4, 0.5) is 0 Å². The predicted octanol–water partition coefficient (Wildman–Crippen LogP) is 4.01. The van der Waals surface area contributed by atoms with Gasteiger partial charge in [-0.15, -0.1) is 0 Å². The Bertz CT molecular complexity index is 1210. The van der Waals surface area contributed by atoms with Crippen LogP contribution >= 0.6 is 11.8 Å². The van der Waals surface area contributed by atoms with Crippen molar-refractivity contribution < 1.29 is 9.90 Å². The molecule has 2 aromatic heterocycles. The van der Waals surface area contributed by atoms with Gasteiger partial charge in [-0.05, 0) is 24.3 Å². The molecular formula is C20H14N4O2S. The Balaban J connectivity index is 1.95. The second kappa shape index (κ2) is 7.09. The summed E-state index contributed by atoms with van der Waals surface area (Å²) in [6, 6.07) is 17.4. The first-order chi connectivity index (χ1) is 13.2. The van der Waals surface area contributed by atoms with Gasteiger partial charge < -0.3 is 5.11 Å². The number of aromatic nitrogens is 3. The summed E-state index contributed by atoms with van der Waals surface area (Å²) in [5.74, 6) is -0.431. The van der Waals surface area contributed by atoms with Gasteiger partial charge in [-0.2, -0.15) is 5.26 Å². The minimum Gasteiger partial charge on any atom is -0.481 e. The van der Waals surface area contributed by atoms with Gasteiger partial charge in [0.25, 0.3) is 0 Å². The molecule has 0 aliphatic heterocycles. The smallest absolute Gasteiger partial charge is 0.304 e. The Morgan fingerprint density at radius 3 is 2.74 bits per heavy atom. The van der Waals surface area contributed by atoms with E-state index in [4.69, 9.17) is 5.11 Å². The van der Waals surface area contributed by atoms with Crippen molar-refractivity contribution in [3.05, 3.63) is 60.3 Å². The monoisotopic (exact) mass is 374 g/mol. The van der Waals surface area contributed by atoms with Gasteiger partial charge in [-0.3, -0.25) is 9.36 Å². The summed E-state index contributed by atoms with van der Waals surface area (Å²) < 4.78 is 1.98. The number of aliphatic carboxylic acids is 1. The number of hydrogen-bond donors (Lipinski definition) is 1. The molecule has 0 aliphatic carbocycles. The van der Waals surface area contributed by atoms with Crippen LogP contribution in [0.15, 0.2) is 59.9 Å². The molecule has 0 bridgehead atoms. The number of carboxylic acid groups (broad SMARTS) is 1. The Labute approximate surface area is 159 Å². The highest BCUT2D eigenvalue weighted by Crippen LogP contribution is 2.32. The number of rotatable bonds is 5. The van der Waals surface area contributed by atoms with Crippen LogP contribution in [0, 0.1) is 11.3 Å². The zero-order valence-corrected chi connectivity index (χ0v) is 15.0. The number of hydrogen-bond acceptors (Lipinski definition) is 5. The van der Waals surface area contributed by atoms with E-state index in [1.54, 1.807) is 12.3 Å². The molecule has 0 radical (unpaired) electrons. The number of thioether (sulfide) groups is 1. The molecule has 1 N–H and O–H groups in total. The first-order valence-electron chi connectivity index (χ1n) is 8.29. The highest BCUT2D eigenvalue weighted by atomic mass is 32.2. The zero-order chi connectivity index (χ0) is 18.8. The van der Waals surface area contributed by atoms with Crippen LogP contribution in [-0.4, -0.2) is 31.4 Å². The van der Waals surface area contributed by atoms with Crippen molar-refractivity contribution in [3.63, 3.8) is 0 Å². The van der Waals surface area contributed by atoms with Crippen LogP contribution in [0.1, 0.15) is 12.0 Å². The minimum atomic E-state index is -0.841. The number of nitriles is 1. The van der Waals surface area contributed by atoms with Crippen LogP contribution in [0.5, 0.6) is 0 Å². The molecule has 7 heteroatoms. The number of carboxylic acids is 1. The van der Waals surface area contributed by atoms with Gasteiger partial charge in [0.05, 0.1) is 29.3 Å². The summed E-state index contributed by atoms with van der Waals surface area (Å²) in [6.07, 6.45) is 1.73. The second-order valence-electron chi connectivity index (χ2n) is 5.86. The Hall–Kier alpha value is -3.37. The van der Waals surface area contributed by atoms with Crippen LogP contribution in [0.3, 0.4) is 0 Å². The highest BCUT2D eigenvalue weighted by Gasteiger charge is 2.17. The molecule has 0 unspecified atom stereocenters. The van der Waals surface area contributed by atoms with Crippen molar-refractivity contribution in [2.45, 2.75) is 11.6 Å². The number of pyridine rings is 1. The lowest BCUT2D eigenvalue weighted by Gasteiger charge is -2.12. The summed E-state index contributed by atoms with van der Waals surface area (Å²) in [5, 5.41) is 20.8. The highest BCUT2D eigenvalue weighted by molar-refractivity contribution is 7.99. The van der Waals surface area contributed by atoms with Crippen molar-refractivity contribution in [3.8, 4) is 11.8 Å². The molecule has 0 atom stereocenters. The summed E-state index contributed by atoms with van der Waals surface area (Å²) in [7, 11) is 0. The first kappa shape index (κ1) is 17.1. The number of fused-ring (bicyclic) bond motifs is 2. The molecule has 0 saturated carbocycles. The topological polar surface area (TPSA) is 91.8 Å². The normalized spacial score (nSPS) is 10.9. The van der Waals surface area contributed by atoms with Gasteiger partial charge in [0, 0.05) is 22.7 Å². The van der Waals surface area contributed by atoms with Gasteiger partial charge in [-0.25, -0.2) is 9.97 Å². The van der Waals surface area contributed by atoms with E-state index in [-0.39, 0.29) is 6.42 Å². The van der Waals surface area contributed by atoms with Gasteiger partial charge in [0.15, 0.2) is 10.8 Å². The maximum absolute atomic E-state index is 10.9. The molecule has 4 aromatic rings. The molecule has 6 nitrogen and oxygen atoms in total. The molecule has 0 fully saturated rings. The molecule has 2 heterocycles. The Morgan fingerprint density at radius 1 is 1.15 bits per heavy atom. The summed E-state index contributed by atoms with van der Waals surface area (Å²) in [5.41, 5.74) is 2.93. The van der Waals surface area contributed by atoms with E-state index in [1.807, 2.05) is 47.0 Å². The van der Waals surface area contributed by atoms with Crippen molar-refractivity contribution in [2.24, 2.45) is 0 Å². The van der Waals surface area contributed by atoms with Crippen molar-refractivity contribution in [1.82, 2.24) is 14.5 Å². The number of imidazole rings is 1. The maximum atomic E-state index is 10.9. The lowest BCUT2D eigenvalue weighted by atomic mass is 10.0. The fourth-order valence-electron chi connectivity index (χ4n) is 3.03. The number of nitrogens with zero attached hydrogens (tertiary/aromatic N) is 4. The third kappa shape index (κ3) is 3.11. The summed E-state index contributed by atoms with van der Waals surface area (Å²) >= 11 is 1.38. The van der Waals surface area contributed by atoms with E-state index >= 15 is 0 Å². The summed E-state index contributed by atoms with van der Waals surface area (Å²) in [6.45, 7) is 0. The van der Waals surface area contributed by atoms with E-state index in [0.717, 1.165) is 22.0 Å². The van der Waals surface area contributed by atoms with Crippen LogP contribution in [-0.2, 0) is 4.79 Å². The van der Waals surface area contributed by atoms with Crippen LogP contribution < -0.4 is 0 Å². The Morgan fingerprint density at radius 2 is 1.96 bits per heavy atom. The van der Waals surface area contributed by atoms with E-state index in [1.165, 1.54) is 11.8 Å². The average molecular weight is 374 g/mol. The van der Waals surface area contributed by atoms with Crippen molar-refractivity contribution in [1.29, 1.82) is 5.26 Å². The predicted molar refractivity (Wildman–Crippen MR) is 104 cm³/mol. The fraction of sp³-hybridized carbons (Fsp3) is 0.100. The first-order valence-corrected chi connectivity index (χ1v) is 9.28. The molecule has 0 amide bonds. The molecule has 2 aromatic carbocycles. The number of carbonyl (C=O) groups is 1. The van der Waals surface area contributed by atoms with E-state index in [0.29, 0.717) is 22.1 Å². The van der Waals surface area contributed by atoms with Crippen LogP contribution in [0.25, 0.3) is 27.6 Å². The van der Waals surface area contributed by atoms with Gasteiger partial charge in [0.1, 0.15) is 0 Å². The van der Waals surface area contributed by atoms with E-state index in [9.17, 15) is 10.1 Å². The summed E-state index contributed by atoms with van der Waals surface area (Å²) in [4.78, 5) is 19.8. The lowest BCUT2D eigenvalue weighted by molar-refractivity contribution is -0.136. The molecule has 27 heavy (non-hydrogen) atoms. The molecule has 4 rings (SSSR count). The average Bonchev–Trinajstić information content (AvgIpc) is 3.05. The molecule has 0 spiro atoms. The third-order valence-electron chi connectivity index (χ3n) is 4.21. The minimum absolute atomic E-state index is 0.0510. The maximum Gasteiger partial charge on any atom is 0.304 e. The lowest BCUT2D eigenvalue weighted by Crippen LogP contribution is -2.01. The third-order valence-corrected chi connectivity index (χ3v) is 5.15. The van der Waals surface area contributed by atoms with E-state index in [2.05, 4.69) is 16.0 Å². The number of benzene rings is 2. The van der Waals surface area contributed by atoms with E-state index < -0.39 is 5.97 Å². The molecule has 132 valence electrons. The quantitative estimate of drug-likeness (QED) is 0.531. The van der Waals surface area contributed by atoms with Gasteiger partial charge in [0.2, 0.25) is 0 Å². The van der Waals surface area contributed by atoms with Crippen molar-refractivity contribution in [2.75, 3.05) is 5.75 Å². The van der Waals surface area contributed by atoms with Crippen LogP contribution in [0.2, 0.25) is 0 Å². The molecular weight excluding hydrogens is 360 g/mol. The standard InChI is InChI=1S/C20H14N4O2S/c21-12-13-7-8-16(15-5-2-1-4-14(13)15)24-17-6-3-10-22-19(17)23-20(24)27-11-9-18(25)26/h1-8,10H,9,11H2,(H,25,26). The van der Waals surface area contributed by atoms with Gasteiger partial charge in [-0.1, -0.05) is 36.0 Å². The fourth-order valence-corrected chi connectivity index (χ4v) is 3.96. The SMILES string of the molecule is N#Cc1ccc(-n2c(SCCC(=O)O)nc3ncccc32)c2ccccc12. The largest absolute Gasteiger partial charge is 0.481 e. The Kier molecular flexibility index (Phi) is 4.48. The van der Waals surface area contributed by atoms with Gasteiger partial charge >= 0.3 is 5.97 Å². The molecule has 0 saturated heterocycles. The zero-order valence-electron chi connectivity index (χ0n) is 14.2. The second-order valence-corrected chi connectivity index (χ2v) is 6.92.